The number of carbonyl (C=O) groups excluding carboxylic acids is 2. The van der Waals surface area contributed by atoms with Crippen LogP contribution in [0, 0.1) is 10.1 Å². The quantitative estimate of drug-likeness (QED) is 0.325. The number of hydrogen-bond acceptors (Lipinski definition) is 6. The van der Waals surface area contributed by atoms with Crippen LogP contribution in [0.15, 0.2) is 78.9 Å². The Morgan fingerprint density at radius 1 is 1.05 bits per heavy atom. The first-order valence-corrected chi connectivity index (χ1v) is 13.1. The number of halogens is 1. The number of amides is 2. The highest BCUT2D eigenvalue weighted by atomic mass is 35.5. The van der Waals surface area contributed by atoms with Crippen molar-refractivity contribution in [3.63, 3.8) is 0 Å². The van der Waals surface area contributed by atoms with Crippen molar-refractivity contribution in [1.29, 1.82) is 0 Å². The van der Waals surface area contributed by atoms with Crippen molar-refractivity contribution in [3.05, 3.63) is 111 Å². The minimum absolute atomic E-state index is 0.0606. The van der Waals surface area contributed by atoms with Gasteiger partial charge >= 0.3 is 6.09 Å². The number of anilines is 1. The maximum Gasteiger partial charge on any atom is 0.421 e. The number of rotatable bonds is 3. The molecule has 0 saturated heterocycles. The summed E-state index contributed by atoms with van der Waals surface area (Å²) in [5.74, 6) is -2.61. The summed E-state index contributed by atoms with van der Waals surface area (Å²) >= 11 is 6.36. The lowest BCUT2D eigenvalue weighted by molar-refractivity contribution is -0.537. The molecule has 9 heteroatoms. The highest BCUT2D eigenvalue weighted by Gasteiger charge is 2.69. The van der Waals surface area contributed by atoms with Crippen molar-refractivity contribution >= 4 is 29.3 Å². The van der Waals surface area contributed by atoms with Gasteiger partial charge in [0.15, 0.2) is 0 Å². The summed E-state index contributed by atoms with van der Waals surface area (Å²) in [4.78, 5) is 41.5. The molecule has 1 N–H and O–H groups in total. The van der Waals surface area contributed by atoms with Gasteiger partial charge in [0, 0.05) is 9.95 Å². The molecule has 1 spiro atoms. The average molecular weight is 549 g/mol. The number of para-hydroxylation sites is 1. The van der Waals surface area contributed by atoms with Gasteiger partial charge in [-0.1, -0.05) is 72.3 Å². The maximum absolute atomic E-state index is 14.6. The van der Waals surface area contributed by atoms with E-state index in [2.05, 4.69) is 0 Å². The smallest absolute Gasteiger partial charge is 0.421 e. The largest absolute Gasteiger partial charge is 0.443 e. The number of nitrogens with zero attached hydrogens (tertiary/aromatic N) is 2. The third-order valence-corrected chi connectivity index (χ3v) is 7.88. The van der Waals surface area contributed by atoms with Crippen molar-refractivity contribution in [2.75, 3.05) is 4.90 Å². The molecule has 5 atom stereocenters. The third kappa shape index (κ3) is 4.37. The Kier molecular flexibility index (Phi) is 6.73. The van der Waals surface area contributed by atoms with E-state index in [1.165, 1.54) is 0 Å². The Balaban J connectivity index is 1.79. The van der Waals surface area contributed by atoms with Gasteiger partial charge in [0.1, 0.15) is 11.0 Å². The van der Waals surface area contributed by atoms with Crippen molar-refractivity contribution in [3.8, 4) is 0 Å². The summed E-state index contributed by atoms with van der Waals surface area (Å²) in [5.41, 5.74) is -1.04. The van der Waals surface area contributed by atoms with Gasteiger partial charge in [0.05, 0.1) is 23.6 Å². The minimum atomic E-state index is -1.83. The van der Waals surface area contributed by atoms with E-state index in [-0.39, 0.29) is 17.0 Å². The summed E-state index contributed by atoms with van der Waals surface area (Å²) < 4.78 is 5.57. The van der Waals surface area contributed by atoms with Crippen molar-refractivity contribution in [2.24, 2.45) is 0 Å². The number of nitro groups is 1. The van der Waals surface area contributed by atoms with Crippen LogP contribution in [0.2, 0.25) is 5.02 Å². The molecule has 1 fully saturated rings. The van der Waals surface area contributed by atoms with Gasteiger partial charge in [-0.25, -0.2) is 9.69 Å². The minimum Gasteiger partial charge on any atom is -0.443 e. The molecule has 5 rings (SSSR count). The van der Waals surface area contributed by atoms with Crippen molar-refractivity contribution in [2.45, 2.75) is 62.2 Å². The molecule has 39 heavy (non-hydrogen) atoms. The fraction of sp³-hybridized carbons (Fsp3) is 0.333. The predicted octanol–water partition coefficient (Wildman–Crippen LogP) is 5.84. The van der Waals surface area contributed by atoms with E-state index in [1.807, 2.05) is 6.07 Å². The lowest BCUT2D eigenvalue weighted by Gasteiger charge is -2.47. The molecule has 0 radical (unpaired) electrons. The van der Waals surface area contributed by atoms with Crippen LogP contribution in [0.25, 0.3) is 0 Å². The Morgan fingerprint density at radius 3 is 2.33 bits per heavy atom. The number of benzene rings is 3. The number of aliphatic hydroxyl groups is 1. The van der Waals surface area contributed by atoms with Crippen LogP contribution in [0.1, 0.15) is 55.7 Å². The molecule has 202 valence electrons. The van der Waals surface area contributed by atoms with Gasteiger partial charge in [-0.2, -0.15) is 0 Å². The molecular formula is C30H29ClN2O6. The van der Waals surface area contributed by atoms with Crippen LogP contribution >= 0.6 is 11.6 Å². The SMILES string of the molecule is CC(C)(C)OC(=O)N1C(=O)[C@]2(c3ccccc31)[C@H](O)C[C@@H](c1ccccc1)[C@@H]([N+](=O)[O-])[C@@H]2c1cccc(Cl)c1. The molecule has 2 amide bonds. The topological polar surface area (TPSA) is 110 Å². The standard InChI is InChI=1S/C30H29ClN2O6/c1-29(2,3)39-28(36)32-23-15-8-7-14-22(23)30(27(32)35)24(34)17-21(18-10-5-4-6-11-18)26(33(37)38)25(30)19-12-9-13-20(31)16-19/h4-16,21,24-26,34H,17H2,1-3H3/t21-,24+,25-,26+,30+/m0/s1. The van der Waals surface area contributed by atoms with E-state index in [0.717, 1.165) is 4.90 Å². The molecule has 1 heterocycles. The zero-order valence-corrected chi connectivity index (χ0v) is 22.5. The van der Waals surface area contributed by atoms with Crippen LogP contribution in [0.5, 0.6) is 0 Å². The molecular weight excluding hydrogens is 520 g/mol. The Hall–Kier alpha value is -3.75. The number of carbonyl (C=O) groups is 2. The van der Waals surface area contributed by atoms with E-state index in [0.29, 0.717) is 21.7 Å². The second kappa shape index (κ2) is 9.77. The van der Waals surface area contributed by atoms with Crippen LogP contribution < -0.4 is 4.90 Å². The second-order valence-electron chi connectivity index (χ2n) is 11.1. The van der Waals surface area contributed by atoms with Gasteiger partial charge < -0.3 is 9.84 Å². The highest BCUT2D eigenvalue weighted by molar-refractivity contribution is 6.30. The Labute approximate surface area is 231 Å². The summed E-state index contributed by atoms with van der Waals surface area (Å²) in [6, 6.07) is 20.9. The van der Waals surface area contributed by atoms with Crippen LogP contribution in [0.4, 0.5) is 10.5 Å². The summed E-state index contributed by atoms with van der Waals surface area (Å²) in [7, 11) is 0. The summed E-state index contributed by atoms with van der Waals surface area (Å²) in [6.07, 6.45) is -2.32. The number of ether oxygens (including phenoxy) is 1. The zero-order valence-electron chi connectivity index (χ0n) is 21.8. The molecule has 0 unspecified atom stereocenters. The number of fused-ring (bicyclic) bond motifs is 2. The molecule has 1 saturated carbocycles. The van der Waals surface area contributed by atoms with E-state index >= 15 is 0 Å². The lowest BCUT2D eigenvalue weighted by Crippen LogP contribution is -2.62. The maximum atomic E-state index is 14.6. The third-order valence-electron chi connectivity index (χ3n) is 7.65. The molecule has 0 bridgehead atoms. The average Bonchev–Trinajstić information content (AvgIpc) is 3.13. The van der Waals surface area contributed by atoms with Gasteiger partial charge in [-0.15, -0.1) is 0 Å². The monoisotopic (exact) mass is 548 g/mol. The first-order valence-electron chi connectivity index (χ1n) is 12.8. The van der Waals surface area contributed by atoms with E-state index < -0.39 is 47.0 Å². The van der Waals surface area contributed by atoms with Gasteiger partial charge in [-0.3, -0.25) is 14.9 Å². The fourth-order valence-electron chi connectivity index (χ4n) is 6.28. The first-order chi connectivity index (χ1) is 18.5. The first kappa shape index (κ1) is 26.8. The Bertz CT molecular complexity index is 1440. The molecule has 1 aliphatic carbocycles. The number of imide groups is 1. The molecule has 0 aromatic heterocycles. The van der Waals surface area contributed by atoms with Crippen LogP contribution in [0.3, 0.4) is 0 Å². The molecule has 3 aromatic rings. The molecule has 2 aliphatic rings. The molecule has 3 aromatic carbocycles. The number of aliphatic hydroxyl groups excluding tert-OH is 1. The van der Waals surface area contributed by atoms with Crippen LogP contribution in [-0.4, -0.2) is 39.8 Å². The van der Waals surface area contributed by atoms with E-state index in [9.17, 15) is 24.8 Å². The second-order valence-corrected chi connectivity index (χ2v) is 11.5. The normalized spacial score (nSPS) is 26.4. The predicted molar refractivity (Wildman–Crippen MR) is 147 cm³/mol. The fourth-order valence-corrected chi connectivity index (χ4v) is 6.48. The number of hydrogen-bond donors (Lipinski definition) is 1. The van der Waals surface area contributed by atoms with Crippen molar-refractivity contribution in [1.82, 2.24) is 0 Å². The summed E-state index contributed by atoms with van der Waals surface area (Å²) in [6.45, 7) is 5.06. The van der Waals surface area contributed by atoms with Crippen LogP contribution in [-0.2, 0) is 14.9 Å². The molecule has 1 aliphatic heterocycles. The van der Waals surface area contributed by atoms with Crippen molar-refractivity contribution < 1.29 is 24.4 Å². The lowest BCUT2D eigenvalue weighted by atomic mass is 9.54. The zero-order chi connectivity index (χ0) is 28.1. The summed E-state index contributed by atoms with van der Waals surface area (Å²) in [5, 5.41) is 25.3. The van der Waals surface area contributed by atoms with E-state index in [1.54, 1.807) is 93.6 Å². The highest BCUT2D eigenvalue weighted by Crippen LogP contribution is 2.60. The van der Waals surface area contributed by atoms with Gasteiger partial charge in [-0.05, 0) is 62.1 Å². The molecule has 8 nitrogen and oxygen atoms in total. The van der Waals surface area contributed by atoms with Gasteiger partial charge in [0.25, 0.3) is 5.91 Å². The van der Waals surface area contributed by atoms with E-state index in [4.69, 9.17) is 16.3 Å². The van der Waals surface area contributed by atoms with Gasteiger partial charge in [0.2, 0.25) is 6.04 Å². The Morgan fingerprint density at radius 2 is 1.69 bits per heavy atom.